The van der Waals surface area contributed by atoms with Gasteiger partial charge in [0.15, 0.2) is 5.03 Å². The molecule has 6 nitrogen and oxygen atoms in total. The monoisotopic (exact) mass is 298 g/mol. The van der Waals surface area contributed by atoms with Crippen molar-refractivity contribution in [1.29, 1.82) is 0 Å². The first-order chi connectivity index (χ1) is 9.37. The first-order valence-corrected chi connectivity index (χ1v) is 8.04. The first kappa shape index (κ1) is 14.9. The summed E-state index contributed by atoms with van der Waals surface area (Å²) in [6, 6.07) is 2.47. The highest BCUT2D eigenvalue weighted by atomic mass is 32.2. The minimum atomic E-state index is -3.66. The van der Waals surface area contributed by atoms with E-state index < -0.39 is 16.0 Å². The largest absolute Gasteiger partial charge is 0.478 e. The summed E-state index contributed by atoms with van der Waals surface area (Å²) in [5, 5.41) is 8.72. The third-order valence-corrected chi connectivity index (χ3v) is 5.69. The molecule has 20 heavy (non-hydrogen) atoms. The van der Waals surface area contributed by atoms with Crippen LogP contribution in [0.1, 0.15) is 43.5 Å². The summed E-state index contributed by atoms with van der Waals surface area (Å²) < 4.78 is 26.7. The topological polar surface area (TPSA) is 87.6 Å². The van der Waals surface area contributed by atoms with Crippen molar-refractivity contribution in [3.63, 3.8) is 0 Å². The summed E-state index contributed by atoms with van der Waals surface area (Å²) in [6.45, 7) is 3.85. The number of nitrogens with zero attached hydrogens (tertiary/aromatic N) is 2. The number of carboxylic acids is 1. The van der Waals surface area contributed by atoms with Gasteiger partial charge >= 0.3 is 5.97 Å². The van der Waals surface area contributed by atoms with E-state index in [2.05, 4.69) is 4.98 Å². The molecule has 0 bridgehead atoms. The van der Waals surface area contributed by atoms with E-state index in [1.54, 1.807) is 0 Å². The normalized spacial score (nSPS) is 23.9. The highest BCUT2D eigenvalue weighted by Gasteiger charge is 2.39. The second-order valence-corrected chi connectivity index (χ2v) is 6.80. The maximum absolute atomic E-state index is 12.6. The van der Waals surface area contributed by atoms with Crippen molar-refractivity contribution in [2.45, 2.75) is 50.2 Å². The second-order valence-electron chi connectivity index (χ2n) is 5.01. The fraction of sp³-hybridized carbons (Fsp3) is 0.538. The Bertz CT molecular complexity index is 597. The van der Waals surface area contributed by atoms with Crippen molar-refractivity contribution in [2.24, 2.45) is 0 Å². The fourth-order valence-electron chi connectivity index (χ4n) is 2.63. The van der Waals surface area contributed by atoms with Crippen LogP contribution in [0, 0.1) is 0 Å². The Kier molecular flexibility index (Phi) is 4.10. The summed E-state index contributed by atoms with van der Waals surface area (Å²) in [4.78, 5) is 14.6. The molecule has 2 atom stereocenters. The van der Waals surface area contributed by atoms with E-state index in [-0.39, 0.29) is 22.7 Å². The molecule has 7 heteroatoms. The summed E-state index contributed by atoms with van der Waals surface area (Å²) >= 11 is 0. The minimum absolute atomic E-state index is 0.00375. The lowest BCUT2D eigenvalue weighted by Gasteiger charge is -2.26. The number of sulfonamides is 1. The maximum atomic E-state index is 12.6. The molecule has 1 aromatic rings. The van der Waals surface area contributed by atoms with E-state index >= 15 is 0 Å². The zero-order valence-electron chi connectivity index (χ0n) is 11.5. The Morgan fingerprint density at radius 3 is 2.65 bits per heavy atom. The van der Waals surface area contributed by atoms with E-state index in [1.807, 2.05) is 13.8 Å². The number of aromatic nitrogens is 1. The van der Waals surface area contributed by atoms with E-state index in [0.29, 0.717) is 0 Å². The van der Waals surface area contributed by atoms with Gasteiger partial charge in [-0.3, -0.25) is 0 Å². The fourth-order valence-corrected chi connectivity index (χ4v) is 4.50. The zero-order chi connectivity index (χ0) is 14.9. The number of rotatable bonds is 4. The molecule has 0 amide bonds. The van der Waals surface area contributed by atoms with Gasteiger partial charge in [0.2, 0.25) is 0 Å². The van der Waals surface area contributed by atoms with E-state index in [9.17, 15) is 13.2 Å². The molecule has 2 heterocycles. The van der Waals surface area contributed by atoms with Crippen LogP contribution in [0.4, 0.5) is 0 Å². The van der Waals surface area contributed by atoms with Crippen LogP contribution in [-0.4, -0.2) is 40.9 Å². The number of aromatic carboxylic acids is 1. The van der Waals surface area contributed by atoms with Crippen molar-refractivity contribution in [3.8, 4) is 0 Å². The Balaban J connectivity index is 2.36. The van der Waals surface area contributed by atoms with Gasteiger partial charge < -0.3 is 5.11 Å². The number of hydrogen-bond acceptors (Lipinski definition) is 4. The standard InChI is InChI=1S/C13H18N2O4S/c1-3-11-6-4-9(2)15(11)20(18,19)12-7-5-10(8-14-12)13(16)17/h5,7-9,11H,3-4,6H2,1-2H3,(H,16,17). The number of carbonyl (C=O) groups is 1. The van der Waals surface area contributed by atoms with Gasteiger partial charge in [-0.25, -0.2) is 18.2 Å². The molecule has 0 radical (unpaired) electrons. The van der Waals surface area contributed by atoms with Gasteiger partial charge in [0.25, 0.3) is 10.0 Å². The molecule has 0 aliphatic carbocycles. The average Bonchev–Trinajstić information content (AvgIpc) is 2.80. The van der Waals surface area contributed by atoms with Crippen molar-refractivity contribution in [1.82, 2.24) is 9.29 Å². The lowest BCUT2D eigenvalue weighted by atomic mass is 10.2. The van der Waals surface area contributed by atoms with E-state index in [0.717, 1.165) is 25.5 Å². The number of carboxylic acid groups (broad SMARTS) is 1. The van der Waals surface area contributed by atoms with Crippen LogP contribution in [0.25, 0.3) is 0 Å². The van der Waals surface area contributed by atoms with E-state index in [4.69, 9.17) is 5.11 Å². The van der Waals surface area contributed by atoms with Crippen LogP contribution in [0.5, 0.6) is 0 Å². The summed E-state index contributed by atoms with van der Waals surface area (Å²) in [6.07, 6.45) is 3.53. The SMILES string of the molecule is CCC1CCC(C)N1S(=O)(=O)c1ccc(C(=O)O)cn1. The highest BCUT2D eigenvalue weighted by Crippen LogP contribution is 2.31. The van der Waals surface area contributed by atoms with Crippen LogP contribution in [0.3, 0.4) is 0 Å². The molecule has 1 aromatic heterocycles. The number of pyridine rings is 1. The molecule has 0 aromatic carbocycles. The van der Waals surface area contributed by atoms with Crippen molar-refractivity contribution in [2.75, 3.05) is 0 Å². The quantitative estimate of drug-likeness (QED) is 0.914. The lowest BCUT2D eigenvalue weighted by Crippen LogP contribution is -2.39. The molecular weight excluding hydrogens is 280 g/mol. The van der Waals surface area contributed by atoms with Crippen LogP contribution in [-0.2, 0) is 10.0 Å². The Labute approximate surface area is 118 Å². The average molecular weight is 298 g/mol. The highest BCUT2D eigenvalue weighted by molar-refractivity contribution is 7.89. The summed E-state index contributed by atoms with van der Waals surface area (Å²) in [5.74, 6) is -1.12. The van der Waals surface area contributed by atoms with E-state index in [1.165, 1.54) is 16.4 Å². The Morgan fingerprint density at radius 1 is 1.45 bits per heavy atom. The molecule has 1 saturated heterocycles. The maximum Gasteiger partial charge on any atom is 0.337 e. The van der Waals surface area contributed by atoms with Crippen LogP contribution in [0.2, 0.25) is 0 Å². The Morgan fingerprint density at radius 2 is 2.15 bits per heavy atom. The van der Waals surface area contributed by atoms with Gasteiger partial charge in [0, 0.05) is 18.3 Å². The molecule has 1 aliphatic heterocycles. The third-order valence-electron chi connectivity index (χ3n) is 3.71. The van der Waals surface area contributed by atoms with Gasteiger partial charge in [-0.1, -0.05) is 6.92 Å². The van der Waals surface area contributed by atoms with Crippen molar-refractivity contribution >= 4 is 16.0 Å². The van der Waals surface area contributed by atoms with Crippen LogP contribution >= 0.6 is 0 Å². The summed E-state index contributed by atoms with van der Waals surface area (Å²) in [5.41, 5.74) is -0.0227. The minimum Gasteiger partial charge on any atom is -0.478 e. The van der Waals surface area contributed by atoms with Crippen LogP contribution < -0.4 is 0 Å². The molecule has 1 N–H and O–H groups in total. The molecule has 1 fully saturated rings. The summed E-state index contributed by atoms with van der Waals surface area (Å²) in [7, 11) is -3.66. The van der Waals surface area contributed by atoms with Gasteiger partial charge in [-0.2, -0.15) is 4.31 Å². The van der Waals surface area contributed by atoms with Gasteiger partial charge in [0.05, 0.1) is 5.56 Å². The second kappa shape index (κ2) is 5.49. The third kappa shape index (κ3) is 2.55. The molecule has 0 spiro atoms. The van der Waals surface area contributed by atoms with Crippen molar-refractivity contribution < 1.29 is 18.3 Å². The molecule has 0 saturated carbocycles. The predicted molar refractivity (Wildman–Crippen MR) is 73.0 cm³/mol. The predicted octanol–water partition coefficient (Wildman–Crippen LogP) is 1.73. The van der Waals surface area contributed by atoms with Gasteiger partial charge in [-0.05, 0) is 38.3 Å². The van der Waals surface area contributed by atoms with Crippen LogP contribution in [0.15, 0.2) is 23.4 Å². The first-order valence-electron chi connectivity index (χ1n) is 6.60. The molecule has 110 valence electrons. The zero-order valence-corrected chi connectivity index (χ0v) is 12.3. The molecule has 2 rings (SSSR count). The molecule has 1 aliphatic rings. The lowest BCUT2D eigenvalue weighted by molar-refractivity contribution is 0.0696. The van der Waals surface area contributed by atoms with Crippen molar-refractivity contribution in [3.05, 3.63) is 23.9 Å². The van der Waals surface area contributed by atoms with Gasteiger partial charge in [0.1, 0.15) is 0 Å². The van der Waals surface area contributed by atoms with Gasteiger partial charge in [-0.15, -0.1) is 0 Å². The smallest absolute Gasteiger partial charge is 0.337 e. The number of hydrogen-bond donors (Lipinski definition) is 1. The molecular formula is C13H18N2O4S. The molecule has 2 unspecified atom stereocenters. The Hall–Kier alpha value is -1.47.